The Morgan fingerprint density at radius 3 is 1.86 bits per heavy atom. The zero-order valence-electron chi connectivity index (χ0n) is 24.9. The molecule has 1 amide bonds. The molecule has 4 aliphatic rings. The summed E-state index contributed by atoms with van der Waals surface area (Å²) in [5.41, 5.74) is 6.39. The van der Waals surface area contributed by atoms with E-state index in [0.29, 0.717) is 16.8 Å². The minimum atomic E-state index is -1.46. The summed E-state index contributed by atoms with van der Waals surface area (Å²) in [5, 5.41) is 0.819. The van der Waals surface area contributed by atoms with E-state index in [1.807, 2.05) is 41.3 Å². The van der Waals surface area contributed by atoms with Crippen LogP contribution in [0, 0.1) is 0 Å². The maximum Gasteiger partial charge on any atom is 0.336 e. The summed E-state index contributed by atoms with van der Waals surface area (Å²) in [4.78, 5) is 36.5. The van der Waals surface area contributed by atoms with E-state index in [4.69, 9.17) is 4.42 Å². The van der Waals surface area contributed by atoms with Crippen LogP contribution < -0.4 is 20.3 Å². The van der Waals surface area contributed by atoms with E-state index in [2.05, 4.69) is 64.8 Å². The van der Waals surface area contributed by atoms with Gasteiger partial charge in [0.25, 0.3) is 5.91 Å². The molecule has 44 heavy (non-hydrogen) atoms. The van der Waals surface area contributed by atoms with Crippen LogP contribution in [0.2, 0.25) is 0 Å². The number of carbonyl (C=O) groups excluding carboxylic acids is 1. The molecule has 9 rings (SSSR count). The summed E-state index contributed by atoms with van der Waals surface area (Å²) in [6.07, 6.45) is 7.25. The van der Waals surface area contributed by atoms with Gasteiger partial charge in [0.05, 0.1) is 0 Å². The van der Waals surface area contributed by atoms with E-state index in [0.717, 1.165) is 48.3 Å². The second kappa shape index (κ2) is 9.02. The Kier molecular flexibility index (Phi) is 5.32. The average molecular weight is 600 g/mol. The molecule has 0 N–H and O–H groups in total. The van der Waals surface area contributed by atoms with Crippen molar-refractivity contribution >= 4 is 44.0 Å². The Bertz CT molecular complexity index is 2020. The van der Waals surface area contributed by atoms with Crippen LogP contribution >= 0.6 is 10.0 Å². The van der Waals surface area contributed by atoms with E-state index in [1.54, 1.807) is 6.07 Å². The molecule has 7 heteroatoms. The third-order valence-electron chi connectivity index (χ3n) is 10.2. The molecule has 2 fully saturated rings. The largest absolute Gasteiger partial charge is 0.423 e. The van der Waals surface area contributed by atoms with Crippen LogP contribution in [0.5, 0.6) is 0 Å². The quantitative estimate of drug-likeness (QED) is 0.210. The lowest BCUT2D eigenvalue weighted by Crippen LogP contribution is -2.49. The van der Waals surface area contributed by atoms with Crippen molar-refractivity contribution in [3.8, 4) is 0 Å². The van der Waals surface area contributed by atoms with E-state index < -0.39 is 21.2 Å². The third kappa shape index (κ3) is 3.33. The number of benzene rings is 4. The zero-order valence-corrected chi connectivity index (χ0v) is 25.7. The van der Waals surface area contributed by atoms with Gasteiger partial charge in [0.2, 0.25) is 0 Å². The number of fused-ring (bicyclic) bond motifs is 7. The molecule has 0 atom stereocenters. The first-order valence-electron chi connectivity index (χ1n) is 15.4. The molecule has 0 bridgehead atoms. The molecule has 1 aromatic heterocycles. The van der Waals surface area contributed by atoms with Crippen molar-refractivity contribution in [2.45, 2.75) is 28.2 Å². The Labute approximate surface area is 257 Å². The van der Waals surface area contributed by atoms with Gasteiger partial charge in [-0.15, -0.1) is 0 Å². The standard InChI is InChI=1S/C37H33N3O3S/c1-44(2)33-22-25(38-17-5-18-38)12-14-30(33)37(31-15-13-26(23-34(31)44)39-19-6-20-39)29-8-4-3-7-28(29)36(42)40(37)27-11-9-24-10-16-35(41)43-32(24)21-27/h3-4,7-16,21-23H,5-6,17-20H2,1-2H3. The fraction of sp³-hybridized carbons (Fsp3) is 0.243. The van der Waals surface area contributed by atoms with Gasteiger partial charge in [-0.05, 0) is 90.6 Å². The summed E-state index contributed by atoms with van der Waals surface area (Å²) in [7, 11) is -1.46. The van der Waals surface area contributed by atoms with Crippen LogP contribution in [-0.2, 0) is 5.54 Å². The summed E-state index contributed by atoms with van der Waals surface area (Å²) in [6, 6.07) is 31.0. The highest BCUT2D eigenvalue weighted by Crippen LogP contribution is 2.70. The van der Waals surface area contributed by atoms with E-state index in [9.17, 15) is 9.59 Å². The average Bonchev–Trinajstić information content (AvgIpc) is 3.23. The van der Waals surface area contributed by atoms with Crippen molar-refractivity contribution in [2.75, 3.05) is 53.4 Å². The summed E-state index contributed by atoms with van der Waals surface area (Å²) in [5.74, 6) is -0.0523. The SMILES string of the molecule is CS1(C)c2cc(N3CCC3)ccc2C2(c3ccccc3C(=O)N2c2ccc3ccc(=O)oc3c2)c2ccc(N3CCC3)cc21. The van der Waals surface area contributed by atoms with Gasteiger partial charge in [-0.25, -0.2) is 4.79 Å². The Morgan fingerprint density at radius 2 is 1.25 bits per heavy atom. The first-order chi connectivity index (χ1) is 21.4. The lowest BCUT2D eigenvalue weighted by Gasteiger charge is -2.52. The first-order valence-corrected chi connectivity index (χ1v) is 17.8. The Balaban J connectivity index is 1.39. The molecule has 0 radical (unpaired) electrons. The lowest BCUT2D eigenvalue weighted by molar-refractivity contribution is 0.0986. The Morgan fingerprint density at radius 1 is 0.659 bits per heavy atom. The fourth-order valence-electron chi connectivity index (χ4n) is 7.68. The molecule has 2 saturated heterocycles. The second-order valence-corrected chi connectivity index (χ2v) is 16.3. The fourth-order valence-corrected chi connectivity index (χ4v) is 10.3. The maximum absolute atomic E-state index is 14.7. The molecule has 0 aliphatic carbocycles. The van der Waals surface area contributed by atoms with E-state index >= 15 is 0 Å². The molecule has 1 spiro atoms. The molecule has 5 heterocycles. The smallest absolute Gasteiger partial charge is 0.336 e. The predicted molar refractivity (Wildman–Crippen MR) is 178 cm³/mol. The topological polar surface area (TPSA) is 57.0 Å². The van der Waals surface area contributed by atoms with Gasteiger partial charge in [0.1, 0.15) is 11.1 Å². The highest BCUT2D eigenvalue weighted by Gasteiger charge is 2.58. The molecular weight excluding hydrogens is 566 g/mol. The lowest BCUT2D eigenvalue weighted by atomic mass is 9.76. The number of hydrogen-bond acceptors (Lipinski definition) is 5. The molecular formula is C37H33N3O3S. The number of nitrogens with zero attached hydrogens (tertiary/aromatic N) is 3. The highest BCUT2D eigenvalue weighted by atomic mass is 32.3. The van der Waals surface area contributed by atoms with E-state index in [-0.39, 0.29) is 5.91 Å². The van der Waals surface area contributed by atoms with Crippen LogP contribution in [-0.4, -0.2) is 44.6 Å². The van der Waals surface area contributed by atoms with Gasteiger partial charge in [-0.2, -0.15) is 10.0 Å². The molecule has 6 nitrogen and oxygen atoms in total. The van der Waals surface area contributed by atoms with Crippen LogP contribution in [0.3, 0.4) is 0 Å². The van der Waals surface area contributed by atoms with Crippen molar-refractivity contribution in [3.63, 3.8) is 0 Å². The normalized spacial score (nSPS) is 19.7. The highest BCUT2D eigenvalue weighted by molar-refractivity contribution is 8.32. The van der Waals surface area contributed by atoms with Crippen LogP contribution in [0.1, 0.15) is 39.9 Å². The zero-order chi connectivity index (χ0) is 29.8. The van der Waals surface area contributed by atoms with E-state index in [1.165, 1.54) is 40.1 Å². The molecule has 4 aliphatic heterocycles. The summed E-state index contributed by atoms with van der Waals surface area (Å²) in [6.45, 7) is 4.30. The number of amides is 1. The van der Waals surface area contributed by atoms with Gasteiger partial charge in [-0.1, -0.05) is 30.3 Å². The van der Waals surface area contributed by atoms with Gasteiger partial charge in [-0.3, -0.25) is 9.69 Å². The molecule has 4 aromatic carbocycles. The van der Waals surface area contributed by atoms with Gasteiger partial charge < -0.3 is 14.2 Å². The summed E-state index contributed by atoms with van der Waals surface area (Å²) < 4.78 is 5.64. The Hall–Kier alpha value is -4.49. The second-order valence-electron chi connectivity index (χ2n) is 12.7. The van der Waals surface area contributed by atoms with Gasteiger partial charge in [0.15, 0.2) is 0 Å². The van der Waals surface area contributed by atoms with Crippen molar-refractivity contribution in [2.24, 2.45) is 0 Å². The van der Waals surface area contributed by atoms with Gasteiger partial charge >= 0.3 is 5.63 Å². The summed E-state index contributed by atoms with van der Waals surface area (Å²) >= 11 is 0. The van der Waals surface area contributed by atoms with Crippen LogP contribution in [0.4, 0.5) is 17.1 Å². The van der Waals surface area contributed by atoms with Crippen molar-refractivity contribution < 1.29 is 9.21 Å². The van der Waals surface area contributed by atoms with Gasteiger partial charge in [0, 0.05) is 76.1 Å². The van der Waals surface area contributed by atoms with Crippen LogP contribution in [0.25, 0.3) is 11.0 Å². The van der Waals surface area contributed by atoms with Crippen molar-refractivity contribution in [1.82, 2.24) is 0 Å². The predicted octanol–water partition coefficient (Wildman–Crippen LogP) is 6.96. The number of hydrogen-bond donors (Lipinski definition) is 0. The maximum atomic E-state index is 14.7. The van der Waals surface area contributed by atoms with Crippen LogP contribution in [0.15, 0.2) is 110 Å². The van der Waals surface area contributed by atoms with Crippen molar-refractivity contribution in [3.05, 3.63) is 124 Å². The number of carbonyl (C=O) groups is 1. The molecule has 220 valence electrons. The van der Waals surface area contributed by atoms with Crippen molar-refractivity contribution in [1.29, 1.82) is 0 Å². The third-order valence-corrected chi connectivity index (χ3v) is 13.1. The first kappa shape index (κ1) is 26.0. The molecule has 0 saturated carbocycles. The molecule has 0 unspecified atom stereocenters. The number of rotatable bonds is 3. The minimum absolute atomic E-state index is 0.0523. The minimum Gasteiger partial charge on any atom is -0.423 e. The molecule has 5 aromatic rings. The number of anilines is 3. The monoisotopic (exact) mass is 599 g/mol.